The summed E-state index contributed by atoms with van der Waals surface area (Å²) in [4.78, 5) is 44.3. The molecule has 3 heterocycles. The summed E-state index contributed by atoms with van der Waals surface area (Å²) >= 11 is 18.6. The van der Waals surface area contributed by atoms with Crippen LogP contribution in [0.5, 0.6) is 0 Å². The van der Waals surface area contributed by atoms with E-state index in [4.69, 9.17) is 74.2 Å². The minimum Gasteiger partial charge on any atom is -1.00 e. The Morgan fingerprint density at radius 1 is 0.525 bits per heavy atom. The third-order valence-electron chi connectivity index (χ3n) is 16.0. The van der Waals surface area contributed by atoms with Crippen molar-refractivity contribution in [1.29, 1.82) is 0 Å². The third kappa shape index (κ3) is 27.4. The molecule has 6 aromatic rings. The molecule has 0 unspecified atom stereocenters. The van der Waals surface area contributed by atoms with Gasteiger partial charge in [-0.3, -0.25) is 24.3 Å². The predicted octanol–water partition coefficient (Wildman–Crippen LogP) is 12.6. The van der Waals surface area contributed by atoms with Crippen molar-refractivity contribution in [2.45, 2.75) is 103 Å². The van der Waals surface area contributed by atoms with E-state index in [1.165, 1.54) is 42.5 Å². The van der Waals surface area contributed by atoms with Gasteiger partial charge in [-0.05, 0) is 118 Å². The zero-order chi connectivity index (χ0) is 73.0. The van der Waals surface area contributed by atoms with Crippen molar-refractivity contribution in [3.05, 3.63) is 210 Å². The number of rotatable bonds is 21. The van der Waals surface area contributed by atoms with Gasteiger partial charge < -0.3 is 40.9 Å². The normalized spacial score (nSPS) is 15.9. The predicted molar refractivity (Wildman–Crippen MR) is 378 cm³/mol. The molecule has 0 saturated carbocycles. The van der Waals surface area contributed by atoms with Crippen LogP contribution in [0.1, 0.15) is 81.8 Å². The van der Waals surface area contributed by atoms with Crippen molar-refractivity contribution in [3.63, 3.8) is 0 Å². The van der Waals surface area contributed by atoms with Crippen LogP contribution >= 0.6 is 34.8 Å². The molecular weight excluding hydrogens is 1400 g/mol. The van der Waals surface area contributed by atoms with Crippen LogP contribution in [-0.2, 0) is 57.2 Å². The van der Waals surface area contributed by atoms with Gasteiger partial charge in [-0.2, -0.15) is 39.5 Å². The Balaban J connectivity index is 0.000000486. The first-order chi connectivity index (χ1) is 47.1. The van der Waals surface area contributed by atoms with E-state index in [2.05, 4.69) is 19.4 Å². The van der Waals surface area contributed by atoms with Gasteiger partial charge in [0.2, 0.25) is 17.1 Å². The summed E-state index contributed by atoms with van der Waals surface area (Å²) in [6, 6.07) is 30.7. The Morgan fingerprint density at radius 2 is 0.832 bits per heavy atom. The van der Waals surface area contributed by atoms with Gasteiger partial charge in [0.15, 0.2) is 17.4 Å². The molecule has 542 valence electrons. The molecule has 3 atom stereocenters. The number of aliphatic hydroxyl groups excluding tert-OH is 2. The fraction of sp³-hybridized carbons (Fsp3) is 0.423. The van der Waals surface area contributed by atoms with Crippen LogP contribution < -0.4 is 33.6 Å². The first-order valence-electron chi connectivity index (χ1n) is 31.7. The molecule has 0 bridgehead atoms. The third-order valence-corrected chi connectivity index (χ3v) is 17.0. The number of ether oxygens (including phenoxy) is 2. The minimum absolute atomic E-state index is 0. The van der Waals surface area contributed by atoms with Gasteiger partial charge in [-0.1, -0.05) is 108 Å². The molecule has 30 heteroatoms. The molecular formula is C71H83AlCl3F9LiN9O7. The summed E-state index contributed by atoms with van der Waals surface area (Å²) in [5.41, 5.74) is 1.14. The maximum absolute atomic E-state index is 13.6. The largest absolute Gasteiger partial charge is 1.00 e. The second-order valence-electron chi connectivity index (χ2n) is 22.7. The molecule has 3 aliphatic heterocycles. The number of hydrogen-bond donors (Lipinski definition) is 3. The van der Waals surface area contributed by atoms with Crippen molar-refractivity contribution in [1.82, 2.24) is 14.7 Å². The molecule has 0 radical (unpaired) electrons. The van der Waals surface area contributed by atoms with Gasteiger partial charge in [0.1, 0.15) is 0 Å². The Morgan fingerprint density at radius 3 is 1.10 bits per heavy atom. The van der Waals surface area contributed by atoms with Gasteiger partial charge in [-0.15, -0.1) is 0 Å². The zero-order valence-corrected chi connectivity index (χ0v) is 58.3. The van der Waals surface area contributed by atoms with E-state index in [0.717, 1.165) is 44.4 Å². The first kappa shape index (κ1) is 88.5. The van der Waals surface area contributed by atoms with E-state index in [1.54, 1.807) is 85.5 Å². The number of carbonyl (C=O) groups excluding carboxylic acids is 1. The molecule has 3 N–H and O–H groups in total. The van der Waals surface area contributed by atoms with E-state index in [0.29, 0.717) is 81.5 Å². The molecule has 9 rings (SSSR count). The molecule has 0 amide bonds. The average Bonchev–Trinajstić information content (AvgIpc) is 1.34. The molecule has 0 spiro atoms. The Labute approximate surface area is 623 Å². The number of anilines is 3. The fourth-order valence-corrected chi connectivity index (χ4v) is 12.2. The summed E-state index contributed by atoms with van der Waals surface area (Å²) < 4.78 is 132. The fourth-order valence-electron chi connectivity index (χ4n) is 11.6. The molecule has 0 aliphatic carbocycles. The molecule has 6 aromatic carbocycles. The van der Waals surface area contributed by atoms with Crippen molar-refractivity contribution < 1.29 is 94.2 Å². The Kier molecular flexibility index (Phi) is 38.0. The van der Waals surface area contributed by atoms with E-state index < -0.39 is 41.2 Å². The van der Waals surface area contributed by atoms with Gasteiger partial charge in [-0.25, -0.2) is 14.5 Å². The van der Waals surface area contributed by atoms with Gasteiger partial charge >= 0.3 is 49.3 Å². The second kappa shape index (κ2) is 43.4. The van der Waals surface area contributed by atoms with Crippen LogP contribution in [0, 0.1) is 19.7 Å². The summed E-state index contributed by atoms with van der Waals surface area (Å²) in [5.74, 6) is -1.28. The van der Waals surface area contributed by atoms with Crippen LogP contribution in [0.25, 0.3) is 14.5 Å². The van der Waals surface area contributed by atoms with Crippen LogP contribution in [0.3, 0.4) is 0 Å². The van der Waals surface area contributed by atoms with Crippen LogP contribution in [0.15, 0.2) is 127 Å². The van der Waals surface area contributed by atoms with Gasteiger partial charge in [0, 0.05) is 136 Å². The number of hydrogen-bond acceptors (Lipinski definition) is 12. The average molecular weight is 1490 g/mol. The zero-order valence-electron chi connectivity index (χ0n) is 57.0. The summed E-state index contributed by atoms with van der Waals surface area (Å²) in [5, 5.41) is 26.6. The van der Waals surface area contributed by atoms with E-state index >= 15 is 0 Å². The minimum atomic E-state index is -4.49. The smallest absolute Gasteiger partial charge is 1.00 e. The molecule has 101 heavy (non-hydrogen) atoms. The second-order valence-corrected chi connectivity index (χ2v) is 23.9. The van der Waals surface area contributed by atoms with E-state index in [9.17, 15) is 54.2 Å². The molecule has 3 saturated heterocycles. The summed E-state index contributed by atoms with van der Waals surface area (Å²) in [7, 11) is 0. The van der Waals surface area contributed by atoms with Crippen molar-refractivity contribution in [2.75, 3.05) is 107 Å². The number of carboxylic acids is 1. The van der Waals surface area contributed by atoms with Crippen LogP contribution in [-0.4, -0.2) is 169 Å². The quantitative estimate of drug-likeness (QED) is 0.0272. The maximum atomic E-state index is 13.6. The maximum Gasteiger partial charge on any atom is 1.00 e. The van der Waals surface area contributed by atoms with E-state index in [-0.39, 0.29) is 151 Å². The number of esters is 1. The number of halogens is 12. The number of benzene rings is 6. The van der Waals surface area contributed by atoms with Crippen molar-refractivity contribution in [2.24, 2.45) is 0 Å². The number of β-amino-alcohol motifs (C(OH)–C–C–N with tert-alkyl or cyclic N) is 1. The molecule has 3 fully saturated rings. The number of nitrogens with zero attached hydrogens (tertiary/aromatic N) is 9. The Hall–Kier alpha value is -6.74. The SMILES string of the molecule is CCO.CCOCC.[AlH3].[C-]#[N+]c1ccc(N(Cc2ccccc2C(F)(F)F)[C@H]2CCN(CC(=O)O)C2)cc1Cl.[C-]#[N+]c1ccc(N(Cc2ccccc2C(F)(F)F)[C@H]2CCN(CC(=O)OCC)C2)cc1Cl.[C-]#[N+]c1ccc(N(Cc2ccccc2C(F)(F)F)[C@H]2CCN(CCO)C2)cc1Cl.[H-].[Li+]. The molecule has 0 aromatic heterocycles. The molecule has 16 nitrogen and oxygen atoms in total. The number of likely N-dealkylation sites (tertiary alicyclic amines) is 3. The van der Waals surface area contributed by atoms with E-state index in [1.807, 2.05) is 33.4 Å². The van der Waals surface area contributed by atoms with Crippen molar-refractivity contribution in [3.8, 4) is 0 Å². The number of carboxylic acid groups (broad SMARTS) is 1. The van der Waals surface area contributed by atoms with Gasteiger partial charge in [0.25, 0.3) is 0 Å². The van der Waals surface area contributed by atoms with Crippen LogP contribution in [0.4, 0.5) is 73.6 Å². The van der Waals surface area contributed by atoms with Crippen LogP contribution in [0.2, 0.25) is 15.1 Å². The van der Waals surface area contributed by atoms with Gasteiger partial charge in [0.05, 0.1) is 62.7 Å². The standard InChI is InChI=1S/C23H23ClF3N3O2.C21H19ClF3N3O2.C21H21ClF3N3O.C4H10O.C2H6O.Al.Li.4H/c1-3-32-22(31)15-29-11-10-18(14-29)30(17-8-9-21(28-2)20(24)12-17)13-16-6-4-5-7-19(16)23(25,26)27;1-26-19-7-6-15(10-18(19)22)28(16-8-9-27(12-16)13-20(29)30)11-14-4-2-3-5-17(14)21(23,24)25;1-26-20-7-6-16(12-19(20)22)28(17-8-9-27(14-17)10-11-29)13-15-4-2-3-5-18(15)21(23,24)25;1-3-5-4-2;1-2-3;;;;;;/h4-9,12,18H,3,10-11,13-15H2,1H3;2-7,10,16H,8-9,11-13H2,(H,29,30);2-7,12,17,29H,8-11,13-14H2;3-4H2,1-2H3;3H,2H2,1H3;;;;;;/q;;;;;;+1;;;;-1/t18-;16-;17-;;;;;;;;/m000......../s1. The number of aliphatic carboxylic acids is 1. The monoisotopic (exact) mass is 1480 g/mol. The Bertz CT molecular complexity index is 3720. The summed E-state index contributed by atoms with van der Waals surface area (Å²) in [6.07, 6.45) is -11.4. The number of alkyl halides is 9. The number of aliphatic hydroxyl groups is 2. The topological polar surface area (TPSA) is 146 Å². The van der Waals surface area contributed by atoms with Crippen molar-refractivity contribution >= 4 is 98.2 Å². The summed E-state index contributed by atoms with van der Waals surface area (Å²) in [6.45, 7) is 35.2. The number of carbonyl (C=O) groups is 2. The molecule has 3 aliphatic rings. The first-order valence-corrected chi connectivity index (χ1v) is 32.8.